The molecule has 0 saturated heterocycles. The first-order valence-electron chi connectivity index (χ1n) is 6.33. The molecule has 0 radical (unpaired) electrons. The van der Waals surface area contributed by atoms with Gasteiger partial charge in [0.1, 0.15) is 0 Å². The van der Waals surface area contributed by atoms with Gasteiger partial charge in [-0.25, -0.2) is 4.79 Å². The van der Waals surface area contributed by atoms with Crippen molar-refractivity contribution in [2.24, 2.45) is 5.92 Å². The highest BCUT2D eigenvalue weighted by Gasteiger charge is 2.25. The van der Waals surface area contributed by atoms with E-state index < -0.39 is 17.4 Å². The van der Waals surface area contributed by atoms with E-state index in [1.165, 1.54) is 6.20 Å². The van der Waals surface area contributed by atoms with Gasteiger partial charge in [-0.3, -0.25) is 14.6 Å². The van der Waals surface area contributed by atoms with Crippen LogP contribution in [0.5, 0.6) is 0 Å². The molecular formula is C12H17N3O4. The second-order valence-electron chi connectivity index (χ2n) is 4.83. The zero-order valence-corrected chi connectivity index (χ0v) is 10.4. The van der Waals surface area contributed by atoms with Gasteiger partial charge in [-0.1, -0.05) is 6.42 Å². The Balaban J connectivity index is 1.93. The molecule has 1 aromatic heterocycles. The lowest BCUT2D eigenvalue weighted by molar-refractivity contribution is -0.127. The first kappa shape index (κ1) is 13.5. The van der Waals surface area contributed by atoms with Gasteiger partial charge in [0.15, 0.2) is 0 Å². The molecule has 0 bridgehead atoms. The molecule has 1 aliphatic rings. The Morgan fingerprint density at radius 1 is 1.42 bits per heavy atom. The highest BCUT2D eigenvalue weighted by Crippen LogP contribution is 2.24. The standard InChI is InChI=1S/C12H17N3O4/c16-9-3-1-2-7(4-9)10(17)13-5-8-6-14-12(19)15-11(8)18/h6-7,9,16H,1-5H2,(H,13,17)(H2,14,15,18,19)/t7-,9+/m1/s1. The molecule has 1 saturated carbocycles. The maximum atomic E-state index is 11.9. The summed E-state index contributed by atoms with van der Waals surface area (Å²) in [6.45, 7) is 0.0670. The number of H-pyrrole nitrogens is 2. The fourth-order valence-electron chi connectivity index (χ4n) is 2.30. The minimum Gasteiger partial charge on any atom is -0.393 e. The van der Waals surface area contributed by atoms with E-state index in [4.69, 9.17) is 0 Å². The van der Waals surface area contributed by atoms with Crippen LogP contribution in [0.15, 0.2) is 15.8 Å². The van der Waals surface area contributed by atoms with Crippen molar-refractivity contribution in [1.82, 2.24) is 15.3 Å². The molecule has 0 spiro atoms. The van der Waals surface area contributed by atoms with Crippen molar-refractivity contribution in [3.05, 3.63) is 32.6 Å². The molecule has 1 aliphatic carbocycles. The van der Waals surface area contributed by atoms with Gasteiger partial charge in [-0.15, -0.1) is 0 Å². The molecule has 2 rings (SSSR count). The molecule has 4 N–H and O–H groups in total. The lowest BCUT2D eigenvalue weighted by Gasteiger charge is -2.24. The molecule has 1 fully saturated rings. The van der Waals surface area contributed by atoms with E-state index >= 15 is 0 Å². The number of aromatic nitrogens is 2. The molecule has 19 heavy (non-hydrogen) atoms. The van der Waals surface area contributed by atoms with Crippen LogP contribution < -0.4 is 16.6 Å². The zero-order valence-electron chi connectivity index (χ0n) is 10.4. The second-order valence-corrected chi connectivity index (χ2v) is 4.83. The molecular weight excluding hydrogens is 250 g/mol. The van der Waals surface area contributed by atoms with Crippen LogP contribution in [0.1, 0.15) is 31.2 Å². The Labute approximate surface area is 109 Å². The van der Waals surface area contributed by atoms with Gasteiger partial charge >= 0.3 is 5.69 Å². The third kappa shape index (κ3) is 3.54. The number of nitrogens with one attached hydrogen (secondary N) is 3. The van der Waals surface area contributed by atoms with Gasteiger partial charge in [0.05, 0.1) is 11.7 Å². The van der Waals surface area contributed by atoms with Crippen LogP contribution in [-0.4, -0.2) is 27.1 Å². The van der Waals surface area contributed by atoms with E-state index in [0.29, 0.717) is 12.0 Å². The predicted molar refractivity (Wildman–Crippen MR) is 67.5 cm³/mol. The van der Waals surface area contributed by atoms with Crippen LogP contribution in [0.4, 0.5) is 0 Å². The summed E-state index contributed by atoms with van der Waals surface area (Å²) in [7, 11) is 0. The number of aliphatic hydroxyl groups is 1. The minimum atomic E-state index is -0.574. The number of carbonyl (C=O) groups is 1. The average Bonchev–Trinajstić information content (AvgIpc) is 2.37. The van der Waals surface area contributed by atoms with Crippen molar-refractivity contribution in [1.29, 1.82) is 0 Å². The van der Waals surface area contributed by atoms with Crippen LogP contribution in [0.25, 0.3) is 0 Å². The summed E-state index contributed by atoms with van der Waals surface area (Å²) < 4.78 is 0. The molecule has 7 heteroatoms. The SMILES string of the molecule is O=C(NCc1c[nH]c(=O)[nH]c1=O)[C@@H]1CCC[C@H](O)C1. The van der Waals surface area contributed by atoms with Crippen molar-refractivity contribution >= 4 is 5.91 Å². The number of amides is 1. The minimum absolute atomic E-state index is 0.0670. The van der Waals surface area contributed by atoms with E-state index in [-0.39, 0.29) is 18.4 Å². The van der Waals surface area contributed by atoms with Gasteiger partial charge < -0.3 is 15.4 Å². The largest absolute Gasteiger partial charge is 0.393 e. The van der Waals surface area contributed by atoms with Crippen LogP contribution in [0.2, 0.25) is 0 Å². The second kappa shape index (κ2) is 5.83. The summed E-state index contributed by atoms with van der Waals surface area (Å²) in [4.78, 5) is 38.6. The molecule has 104 valence electrons. The Kier molecular flexibility index (Phi) is 4.16. The smallest absolute Gasteiger partial charge is 0.325 e. The number of carbonyl (C=O) groups excluding carboxylic acids is 1. The van der Waals surface area contributed by atoms with Crippen LogP contribution in [0.3, 0.4) is 0 Å². The Morgan fingerprint density at radius 3 is 2.89 bits per heavy atom. The molecule has 2 atom stereocenters. The summed E-state index contributed by atoms with van der Waals surface area (Å²) in [5, 5.41) is 12.2. The molecule has 7 nitrogen and oxygen atoms in total. The highest BCUT2D eigenvalue weighted by molar-refractivity contribution is 5.78. The highest BCUT2D eigenvalue weighted by atomic mass is 16.3. The summed E-state index contributed by atoms with van der Waals surface area (Å²) >= 11 is 0. The Morgan fingerprint density at radius 2 is 2.21 bits per heavy atom. The summed E-state index contributed by atoms with van der Waals surface area (Å²) in [6.07, 6.45) is 3.67. The molecule has 1 heterocycles. The topological polar surface area (TPSA) is 115 Å². The first-order chi connectivity index (χ1) is 9.06. The Bertz CT molecular complexity index is 563. The maximum Gasteiger partial charge on any atom is 0.325 e. The molecule has 0 unspecified atom stereocenters. The van der Waals surface area contributed by atoms with Crippen molar-refractivity contribution in [2.75, 3.05) is 0 Å². The van der Waals surface area contributed by atoms with Crippen molar-refractivity contribution < 1.29 is 9.90 Å². The van der Waals surface area contributed by atoms with E-state index in [1.807, 2.05) is 0 Å². The number of aromatic amines is 2. The third-order valence-corrected chi connectivity index (χ3v) is 3.37. The lowest BCUT2D eigenvalue weighted by Crippen LogP contribution is -2.36. The van der Waals surface area contributed by atoms with Crippen LogP contribution in [0, 0.1) is 5.92 Å². The summed E-state index contributed by atoms with van der Waals surface area (Å²) in [5.74, 6) is -0.366. The molecule has 1 amide bonds. The van der Waals surface area contributed by atoms with E-state index in [0.717, 1.165) is 19.3 Å². The Hall–Kier alpha value is -1.89. The fraction of sp³-hybridized carbons (Fsp3) is 0.583. The maximum absolute atomic E-state index is 11.9. The van der Waals surface area contributed by atoms with E-state index in [9.17, 15) is 19.5 Å². The fourth-order valence-corrected chi connectivity index (χ4v) is 2.30. The van der Waals surface area contributed by atoms with Crippen LogP contribution >= 0.6 is 0 Å². The molecule has 1 aromatic rings. The number of rotatable bonds is 3. The molecule has 0 aliphatic heterocycles. The average molecular weight is 267 g/mol. The normalized spacial score (nSPS) is 23.0. The van der Waals surface area contributed by atoms with Crippen molar-refractivity contribution in [3.63, 3.8) is 0 Å². The molecule has 0 aromatic carbocycles. The van der Waals surface area contributed by atoms with E-state index in [2.05, 4.69) is 15.3 Å². The van der Waals surface area contributed by atoms with Gasteiger partial charge in [-0.2, -0.15) is 0 Å². The van der Waals surface area contributed by atoms with Crippen LogP contribution in [-0.2, 0) is 11.3 Å². The monoisotopic (exact) mass is 267 g/mol. The number of hydrogen-bond donors (Lipinski definition) is 4. The van der Waals surface area contributed by atoms with Crippen molar-refractivity contribution in [2.45, 2.75) is 38.3 Å². The number of aliphatic hydroxyl groups excluding tert-OH is 1. The van der Waals surface area contributed by atoms with Gasteiger partial charge in [0.2, 0.25) is 5.91 Å². The van der Waals surface area contributed by atoms with Gasteiger partial charge in [-0.05, 0) is 19.3 Å². The predicted octanol–water partition coefficient (Wildman–Crippen LogP) is -0.769. The number of hydrogen-bond acceptors (Lipinski definition) is 4. The van der Waals surface area contributed by atoms with Gasteiger partial charge in [0, 0.05) is 18.7 Å². The quantitative estimate of drug-likeness (QED) is 0.575. The van der Waals surface area contributed by atoms with Gasteiger partial charge in [0.25, 0.3) is 5.56 Å². The van der Waals surface area contributed by atoms with E-state index in [1.54, 1.807) is 0 Å². The third-order valence-electron chi connectivity index (χ3n) is 3.37. The zero-order chi connectivity index (χ0) is 13.8. The van der Waals surface area contributed by atoms with Crippen molar-refractivity contribution in [3.8, 4) is 0 Å². The first-order valence-corrected chi connectivity index (χ1v) is 6.33. The lowest BCUT2D eigenvalue weighted by atomic mass is 9.86. The summed E-state index contributed by atoms with van der Waals surface area (Å²) in [6, 6.07) is 0. The summed E-state index contributed by atoms with van der Waals surface area (Å²) in [5.41, 5.74) is -0.785.